The van der Waals surface area contributed by atoms with Crippen molar-refractivity contribution in [2.75, 3.05) is 30.4 Å². The molecule has 6 heteroatoms. The zero-order chi connectivity index (χ0) is 17.6. The maximum absolute atomic E-state index is 6.06. The zero-order valence-electron chi connectivity index (χ0n) is 15.3. The molecule has 0 fully saturated rings. The van der Waals surface area contributed by atoms with E-state index in [1.807, 2.05) is 24.3 Å². The average molecular weight is 466 g/mol. The summed E-state index contributed by atoms with van der Waals surface area (Å²) in [6, 6.07) is 17.0. The van der Waals surface area contributed by atoms with E-state index in [1.165, 1.54) is 11.3 Å². The fourth-order valence-electron chi connectivity index (χ4n) is 3.35. The van der Waals surface area contributed by atoms with Crippen LogP contribution in [0.3, 0.4) is 0 Å². The highest BCUT2D eigenvalue weighted by molar-refractivity contribution is 14.0. The molecule has 0 saturated carbocycles. The molecule has 1 atom stereocenters. The number of ether oxygens (including phenoxy) is 1. The minimum Gasteiger partial charge on any atom is -0.380 e. The molecule has 0 amide bonds. The normalized spacial score (nSPS) is 16.2. The first-order valence-electron chi connectivity index (χ1n) is 8.67. The van der Waals surface area contributed by atoms with Crippen molar-refractivity contribution in [3.8, 4) is 0 Å². The molecule has 3 rings (SSSR count). The number of fused-ring (bicyclic) bond motifs is 1. The maximum atomic E-state index is 6.06. The molecule has 0 radical (unpaired) electrons. The summed E-state index contributed by atoms with van der Waals surface area (Å²) in [7, 11) is 1.68. The quantitative estimate of drug-likeness (QED) is 0.388. The van der Waals surface area contributed by atoms with Crippen molar-refractivity contribution in [1.29, 1.82) is 0 Å². The first-order valence-corrected chi connectivity index (χ1v) is 8.67. The van der Waals surface area contributed by atoms with Gasteiger partial charge in [-0.2, -0.15) is 0 Å². The molecule has 2 aromatic rings. The predicted molar refractivity (Wildman–Crippen MR) is 120 cm³/mol. The van der Waals surface area contributed by atoms with Crippen LogP contribution in [0.2, 0.25) is 0 Å². The lowest BCUT2D eigenvalue weighted by Crippen LogP contribution is -2.32. The topological polar surface area (TPSA) is 62.9 Å². The molecule has 1 heterocycles. The number of para-hydroxylation sites is 2. The molecule has 1 unspecified atom stereocenters. The summed E-state index contributed by atoms with van der Waals surface area (Å²) in [6.45, 7) is 4.31. The van der Waals surface area contributed by atoms with Gasteiger partial charge in [0.25, 0.3) is 0 Å². The smallest absolute Gasteiger partial charge is 0.193 e. The van der Waals surface area contributed by atoms with E-state index in [0.717, 1.165) is 24.2 Å². The van der Waals surface area contributed by atoms with E-state index < -0.39 is 0 Å². The van der Waals surface area contributed by atoms with Crippen LogP contribution in [-0.4, -0.2) is 32.2 Å². The Hall–Kier alpha value is -1.80. The molecule has 0 bridgehead atoms. The fourth-order valence-corrected chi connectivity index (χ4v) is 3.35. The van der Waals surface area contributed by atoms with Gasteiger partial charge in [-0.05, 0) is 31.0 Å². The van der Waals surface area contributed by atoms with E-state index in [0.29, 0.717) is 25.2 Å². The third kappa shape index (κ3) is 4.88. The summed E-state index contributed by atoms with van der Waals surface area (Å²) in [6.07, 6.45) is 1.10. The van der Waals surface area contributed by atoms with Crippen molar-refractivity contribution in [3.05, 3.63) is 59.7 Å². The SMILES string of the molecule is COCc1ccccc1NC(N)=NCCN1c2ccccc2CC1C.I. The molecule has 1 aliphatic rings. The van der Waals surface area contributed by atoms with Crippen LogP contribution in [0.4, 0.5) is 11.4 Å². The number of hydrogen-bond acceptors (Lipinski definition) is 3. The molecule has 140 valence electrons. The van der Waals surface area contributed by atoms with Crippen molar-refractivity contribution in [3.63, 3.8) is 0 Å². The van der Waals surface area contributed by atoms with E-state index in [-0.39, 0.29) is 24.0 Å². The molecule has 0 aromatic heterocycles. The molecular weight excluding hydrogens is 439 g/mol. The zero-order valence-corrected chi connectivity index (χ0v) is 17.6. The summed E-state index contributed by atoms with van der Waals surface area (Å²) >= 11 is 0. The van der Waals surface area contributed by atoms with E-state index in [1.54, 1.807) is 7.11 Å². The Balaban J connectivity index is 0.00000243. The molecule has 0 aliphatic carbocycles. The lowest BCUT2D eigenvalue weighted by Gasteiger charge is -2.24. The van der Waals surface area contributed by atoms with Crippen molar-refractivity contribution >= 4 is 41.3 Å². The van der Waals surface area contributed by atoms with E-state index in [4.69, 9.17) is 10.5 Å². The first kappa shape index (κ1) is 20.5. The van der Waals surface area contributed by atoms with Gasteiger partial charge in [-0.15, -0.1) is 24.0 Å². The Labute approximate surface area is 172 Å². The van der Waals surface area contributed by atoms with Gasteiger partial charge in [0.2, 0.25) is 0 Å². The highest BCUT2D eigenvalue weighted by Gasteiger charge is 2.24. The average Bonchev–Trinajstić information content (AvgIpc) is 2.93. The number of rotatable bonds is 6. The number of hydrogen-bond donors (Lipinski definition) is 2. The van der Waals surface area contributed by atoms with Gasteiger partial charge in [-0.3, -0.25) is 4.99 Å². The summed E-state index contributed by atoms with van der Waals surface area (Å²) in [5, 5.41) is 3.18. The highest BCUT2D eigenvalue weighted by atomic mass is 127. The molecule has 5 nitrogen and oxygen atoms in total. The molecule has 1 aliphatic heterocycles. The number of nitrogens with two attached hydrogens (primary N) is 1. The first-order chi connectivity index (χ1) is 12.2. The van der Waals surface area contributed by atoms with Gasteiger partial charge >= 0.3 is 0 Å². The van der Waals surface area contributed by atoms with Gasteiger partial charge < -0.3 is 20.7 Å². The number of nitrogens with one attached hydrogen (secondary N) is 1. The van der Waals surface area contributed by atoms with Gasteiger partial charge in [0.1, 0.15) is 0 Å². The highest BCUT2D eigenvalue weighted by Crippen LogP contribution is 2.31. The van der Waals surface area contributed by atoms with Crippen LogP contribution >= 0.6 is 24.0 Å². The van der Waals surface area contributed by atoms with Crippen LogP contribution in [0.1, 0.15) is 18.1 Å². The van der Waals surface area contributed by atoms with Crippen molar-refractivity contribution in [2.24, 2.45) is 10.7 Å². The van der Waals surface area contributed by atoms with E-state index >= 15 is 0 Å². The Morgan fingerprint density at radius 1 is 1.23 bits per heavy atom. The van der Waals surface area contributed by atoms with Gasteiger partial charge in [0, 0.05) is 36.6 Å². The minimum atomic E-state index is 0. The Bertz CT molecular complexity index is 750. The minimum absolute atomic E-state index is 0. The number of halogens is 1. The van der Waals surface area contributed by atoms with Crippen molar-refractivity contribution in [2.45, 2.75) is 26.0 Å². The lowest BCUT2D eigenvalue weighted by molar-refractivity contribution is 0.185. The monoisotopic (exact) mass is 466 g/mol. The second-order valence-electron chi connectivity index (χ2n) is 6.36. The standard InChI is InChI=1S/C20H26N4O.HI/c1-15-13-16-7-4-6-10-19(16)24(15)12-11-22-20(21)23-18-9-5-3-8-17(18)14-25-2;/h3-10,15H,11-14H2,1-2H3,(H3,21,22,23);1H. The predicted octanol–water partition coefficient (Wildman–Crippen LogP) is 3.63. The number of nitrogens with zero attached hydrogens (tertiary/aromatic N) is 2. The van der Waals surface area contributed by atoms with Crippen LogP contribution in [0.15, 0.2) is 53.5 Å². The summed E-state index contributed by atoms with van der Waals surface area (Å²) in [4.78, 5) is 6.90. The fraction of sp³-hybridized carbons (Fsp3) is 0.350. The van der Waals surface area contributed by atoms with Crippen molar-refractivity contribution in [1.82, 2.24) is 0 Å². The molecular formula is C20H27IN4O. The number of methoxy groups -OCH3 is 1. The lowest BCUT2D eigenvalue weighted by atomic mass is 10.1. The summed E-state index contributed by atoms with van der Waals surface area (Å²) in [5.41, 5.74) is 10.8. The Morgan fingerprint density at radius 2 is 1.96 bits per heavy atom. The second kappa shape index (κ2) is 9.78. The molecule has 3 N–H and O–H groups in total. The molecule has 0 spiro atoms. The van der Waals surface area contributed by atoms with E-state index in [9.17, 15) is 0 Å². The second-order valence-corrected chi connectivity index (χ2v) is 6.36. The number of guanidine groups is 1. The van der Waals surface area contributed by atoms with Crippen LogP contribution in [-0.2, 0) is 17.8 Å². The van der Waals surface area contributed by atoms with Gasteiger partial charge in [0.05, 0.1) is 13.2 Å². The van der Waals surface area contributed by atoms with E-state index in [2.05, 4.69) is 46.4 Å². The Kier molecular flexibility index (Phi) is 7.71. The summed E-state index contributed by atoms with van der Waals surface area (Å²) < 4.78 is 5.22. The number of benzene rings is 2. The van der Waals surface area contributed by atoms with Gasteiger partial charge in [-0.1, -0.05) is 36.4 Å². The largest absolute Gasteiger partial charge is 0.380 e. The number of aliphatic imine (C=N–C) groups is 1. The van der Waals surface area contributed by atoms with Crippen LogP contribution in [0, 0.1) is 0 Å². The number of anilines is 2. The Morgan fingerprint density at radius 3 is 2.77 bits per heavy atom. The molecule has 2 aromatic carbocycles. The van der Waals surface area contributed by atoms with Gasteiger partial charge in [0.15, 0.2) is 5.96 Å². The third-order valence-electron chi connectivity index (χ3n) is 4.55. The maximum Gasteiger partial charge on any atom is 0.193 e. The molecule has 26 heavy (non-hydrogen) atoms. The van der Waals surface area contributed by atoms with Gasteiger partial charge in [-0.25, -0.2) is 0 Å². The molecule has 0 saturated heterocycles. The summed E-state index contributed by atoms with van der Waals surface area (Å²) in [5.74, 6) is 0.434. The van der Waals surface area contributed by atoms with Crippen molar-refractivity contribution < 1.29 is 4.74 Å². The third-order valence-corrected chi connectivity index (χ3v) is 4.55. The van der Waals surface area contributed by atoms with Crippen LogP contribution < -0.4 is 16.0 Å². The van der Waals surface area contributed by atoms with Crippen LogP contribution in [0.5, 0.6) is 0 Å². The van der Waals surface area contributed by atoms with Crippen LogP contribution in [0.25, 0.3) is 0 Å².